The summed E-state index contributed by atoms with van der Waals surface area (Å²) in [6, 6.07) is 22.8. The third-order valence-corrected chi connectivity index (χ3v) is 5.98. The second kappa shape index (κ2) is 12.4. The van der Waals surface area contributed by atoms with Gasteiger partial charge < -0.3 is 10.2 Å². The van der Waals surface area contributed by atoms with Gasteiger partial charge in [0, 0.05) is 24.5 Å². The van der Waals surface area contributed by atoms with Crippen molar-refractivity contribution in [1.29, 1.82) is 0 Å². The van der Waals surface area contributed by atoms with Crippen LogP contribution in [0.1, 0.15) is 41.2 Å². The number of carbonyl (C=O) groups is 2. The zero-order chi connectivity index (χ0) is 24.5. The van der Waals surface area contributed by atoms with Crippen LogP contribution in [-0.2, 0) is 29.0 Å². The number of aryl methyl sites for hydroxylation is 2. The lowest BCUT2D eigenvalue weighted by atomic mass is 10.0. The van der Waals surface area contributed by atoms with Crippen LogP contribution in [0, 0.1) is 13.8 Å². The molecule has 0 saturated carbocycles. The fraction of sp³-hybridized carbons (Fsp3) is 0.310. The third-order valence-electron chi connectivity index (χ3n) is 5.72. The molecule has 3 aromatic rings. The van der Waals surface area contributed by atoms with Crippen molar-refractivity contribution in [3.63, 3.8) is 0 Å². The van der Waals surface area contributed by atoms with Gasteiger partial charge in [0.05, 0.1) is 6.42 Å². The molecule has 3 rings (SSSR count). The summed E-state index contributed by atoms with van der Waals surface area (Å²) in [5.41, 5.74) is 5.14. The molecule has 0 bridgehead atoms. The minimum absolute atomic E-state index is 0.0764. The highest BCUT2D eigenvalue weighted by molar-refractivity contribution is 6.30. The molecular weight excluding hydrogens is 444 g/mol. The Kier molecular flexibility index (Phi) is 9.29. The quantitative estimate of drug-likeness (QED) is 0.410. The van der Waals surface area contributed by atoms with Gasteiger partial charge in [-0.1, -0.05) is 90.3 Å². The molecule has 0 fully saturated rings. The number of hydrogen-bond acceptors (Lipinski definition) is 2. The lowest BCUT2D eigenvalue weighted by Crippen LogP contribution is -2.51. The SMILES string of the molecule is CCCNC(=O)C(Cc1ccccc1)N(Cc1ccc(Cl)cc1)C(=O)Cc1cc(C)cc(C)c1. The van der Waals surface area contributed by atoms with Crippen molar-refractivity contribution in [2.45, 2.75) is 52.6 Å². The summed E-state index contributed by atoms with van der Waals surface area (Å²) < 4.78 is 0. The summed E-state index contributed by atoms with van der Waals surface area (Å²) in [5, 5.41) is 3.65. The van der Waals surface area contributed by atoms with Crippen molar-refractivity contribution in [1.82, 2.24) is 10.2 Å². The molecule has 2 amide bonds. The van der Waals surface area contributed by atoms with Crippen LogP contribution in [0.4, 0.5) is 0 Å². The summed E-state index contributed by atoms with van der Waals surface area (Å²) in [6.07, 6.45) is 1.52. The van der Waals surface area contributed by atoms with Crippen molar-refractivity contribution in [3.05, 3.63) is 106 Å². The summed E-state index contributed by atoms with van der Waals surface area (Å²) >= 11 is 6.08. The predicted octanol–water partition coefficient (Wildman–Crippen LogP) is 5.67. The van der Waals surface area contributed by atoms with E-state index in [9.17, 15) is 9.59 Å². The topological polar surface area (TPSA) is 49.4 Å². The molecule has 0 heterocycles. The molecule has 0 aliphatic rings. The van der Waals surface area contributed by atoms with Crippen molar-refractivity contribution < 1.29 is 9.59 Å². The van der Waals surface area contributed by atoms with Crippen LogP contribution >= 0.6 is 11.6 Å². The summed E-state index contributed by atoms with van der Waals surface area (Å²) in [7, 11) is 0. The number of benzene rings is 3. The lowest BCUT2D eigenvalue weighted by Gasteiger charge is -2.32. The van der Waals surface area contributed by atoms with E-state index in [4.69, 9.17) is 11.6 Å². The molecule has 0 spiro atoms. The minimum atomic E-state index is -0.622. The number of hydrogen-bond donors (Lipinski definition) is 1. The molecule has 0 saturated heterocycles. The maximum absolute atomic E-state index is 13.7. The van der Waals surface area contributed by atoms with Gasteiger partial charge in [-0.15, -0.1) is 0 Å². The second-order valence-corrected chi connectivity index (χ2v) is 9.25. The van der Waals surface area contributed by atoms with Crippen molar-refractivity contribution >= 4 is 23.4 Å². The summed E-state index contributed by atoms with van der Waals surface area (Å²) in [5.74, 6) is -0.207. The molecule has 0 aromatic heterocycles. The van der Waals surface area contributed by atoms with Crippen LogP contribution in [0.3, 0.4) is 0 Å². The van der Waals surface area contributed by atoms with E-state index in [1.165, 1.54) is 0 Å². The highest BCUT2D eigenvalue weighted by atomic mass is 35.5. The van der Waals surface area contributed by atoms with Crippen LogP contribution in [0.5, 0.6) is 0 Å². The Morgan fingerprint density at radius 2 is 1.53 bits per heavy atom. The molecule has 1 atom stereocenters. The van der Waals surface area contributed by atoms with Gasteiger partial charge in [0.2, 0.25) is 11.8 Å². The van der Waals surface area contributed by atoms with Crippen molar-refractivity contribution in [3.8, 4) is 0 Å². The second-order valence-electron chi connectivity index (χ2n) is 8.82. The molecule has 0 radical (unpaired) electrons. The highest BCUT2D eigenvalue weighted by Crippen LogP contribution is 2.19. The van der Waals surface area contributed by atoms with Crippen LogP contribution in [-0.4, -0.2) is 29.3 Å². The smallest absolute Gasteiger partial charge is 0.243 e. The van der Waals surface area contributed by atoms with E-state index in [1.54, 1.807) is 4.90 Å². The van der Waals surface area contributed by atoms with E-state index in [1.807, 2.05) is 87.5 Å². The molecule has 178 valence electrons. The zero-order valence-electron chi connectivity index (χ0n) is 20.2. The molecule has 1 unspecified atom stereocenters. The number of carbonyl (C=O) groups excluding carboxylic acids is 2. The third kappa shape index (κ3) is 7.46. The first kappa shape index (κ1) is 25.5. The van der Waals surface area contributed by atoms with Gasteiger partial charge in [-0.3, -0.25) is 9.59 Å². The van der Waals surface area contributed by atoms with Gasteiger partial charge in [0.1, 0.15) is 6.04 Å². The van der Waals surface area contributed by atoms with E-state index in [2.05, 4.69) is 11.4 Å². The normalized spacial score (nSPS) is 11.6. The van der Waals surface area contributed by atoms with Gasteiger partial charge in [0.25, 0.3) is 0 Å². The Bertz CT molecular complexity index is 1080. The van der Waals surface area contributed by atoms with Crippen LogP contribution in [0.2, 0.25) is 5.02 Å². The standard InChI is InChI=1S/C29H33ClN2O2/c1-4-14-31-29(34)27(18-23-8-6-5-7-9-23)32(20-24-10-12-26(30)13-11-24)28(33)19-25-16-21(2)15-22(3)17-25/h5-13,15-17,27H,4,14,18-20H2,1-3H3,(H,31,34). The highest BCUT2D eigenvalue weighted by Gasteiger charge is 2.30. The number of amides is 2. The predicted molar refractivity (Wildman–Crippen MR) is 139 cm³/mol. The molecule has 0 aliphatic heterocycles. The van der Waals surface area contributed by atoms with Gasteiger partial charge in [0.15, 0.2) is 0 Å². The maximum atomic E-state index is 13.7. The minimum Gasteiger partial charge on any atom is -0.354 e. The van der Waals surface area contributed by atoms with Gasteiger partial charge in [-0.25, -0.2) is 0 Å². The zero-order valence-corrected chi connectivity index (χ0v) is 20.9. The van der Waals surface area contributed by atoms with Crippen molar-refractivity contribution in [2.24, 2.45) is 0 Å². The van der Waals surface area contributed by atoms with E-state index in [0.29, 0.717) is 24.5 Å². The first-order chi connectivity index (χ1) is 16.4. The Labute approximate surface area is 207 Å². The molecular formula is C29H33ClN2O2. The first-order valence-corrected chi connectivity index (χ1v) is 12.2. The van der Waals surface area contributed by atoms with Gasteiger partial charge in [-0.2, -0.15) is 0 Å². The summed E-state index contributed by atoms with van der Waals surface area (Å²) in [4.78, 5) is 28.8. The van der Waals surface area contributed by atoms with Crippen LogP contribution in [0.15, 0.2) is 72.8 Å². The van der Waals surface area contributed by atoms with E-state index < -0.39 is 6.04 Å². The van der Waals surface area contributed by atoms with E-state index in [0.717, 1.165) is 34.2 Å². The number of nitrogens with one attached hydrogen (secondary N) is 1. The van der Waals surface area contributed by atoms with E-state index >= 15 is 0 Å². The van der Waals surface area contributed by atoms with Gasteiger partial charge in [-0.05, 0) is 49.1 Å². The van der Waals surface area contributed by atoms with Crippen molar-refractivity contribution in [2.75, 3.05) is 6.54 Å². The van der Waals surface area contributed by atoms with Gasteiger partial charge >= 0.3 is 0 Å². The van der Waals surface area contributed by atoms with Crippen LogP contribution in [0.25, 0.3) is 0 Å². The van der Waals surface area contributed by atoms with E-state index in [-0.39, 0.29) is 18.2 Å². The molecule has 34 heavy (non-hydrogen) atoms. The maximum Gasteiger partial charge on any atom is 0.243 e. The average Bonchev–Trinajstić information content (AvgIpc) is 2.81. The number of nitrogens with zero attached hydrogens (tertiary/aromatic N) is 1. The molecule has 0 aliphatic carbocycles. The fourth-order valence-electron chi connectivity index (χ4n) is 4.15. The Hall–Kier alpha value is -3.11. The molecule has 1 N–H and O–H groups in total. The number of halogens is 1. The average molecular weight is 477 g/mol. The lowest BCUT2D eigenvalue weighted by molar-refractivity contribution is -0.140. The fourth-order valence-corrected chi connectivity index (χ4v) is 4.28. The largest absolute Gasteiger partial charge is 0.354 e. The monoisotopic (exact) mass is 476 g/mol. The molecule has 5 heteroatoms. The molecule has 3 aromatic carbocycles. The Balaban J connectivity index is 1.96. The number of rotatable bonds is 10. The Morgan fingerprint density at radius 3 is 2.15 bits per heavy atom. The Morgan fingerprint density at radius 1 is 0.882 bits per heavy atom. The summed E-state index contributed by atoms with van der Waals surface area (Å²) in [6.45, 7) is 6.98. The molecule has 4 nitrogen and oxygen atoms in total. The van der Waals surface area contributed by atoms with Crippen LogP contribution < -0.4 is 5.32 Å². The first-order valence-electron chi connectivity index (χ1n) is 11.8.